The van der Waals surface area contributed by atoms with Crippen LogP contribution in [0.4, 0.5) is 0 Å². The largest absolute Gasteiger partial charge is 0.0679 e. The molecule has 0 heterocycles. The molecular formula is C12H22. The van der Waals surface area contributed by atoms with Gasteiger partial charge in [-0.05, 0) is 30.6 Å². The maximum Gasteiger partial charge on any atom is -0.0223 e. The molecular weight excluding hydrogens is 144 g/mol. The molecule has 12 heavy (non-hydrogen) atoms. The van der Waals surface area contributed by atoms with Crippen LogP contribution >= 0.6 is 0 Å². The van der Waals surface area contributed by atoms with Crippen LogP contribution in [0.1, 0.15) is 47.5 Å². The van der Waals surface area contributed by atoms with E-state index < -0.39 is 0 Å². The first-order valence-electron chi connectivity index (χ1n) is 5.26. The van der Waals surface area contributed by atoms with Crippen molar-refractivity contribution in [2.45, 2.75) is 47.5 Å². The van der Waals surface area contributed by atoms with Crippen LogP contribution in [0.25, 0.3) is 0 Å². The molecule has 1 atom stereocenters. The Labute approximate surface area is 77.1 Å². The highest BCUT2D eigenvalue weighted by atomic mass is 14.3. The van der Waals surface area contributed by atoms with E-state index in [-0.39, 0.29) is 0 Å². The van der Waals surface area contributed by atoms with E-state index in [9.17, 15) is 0 Å². The van der Waals surface area contributed by atoms with Crippen molar-refractivity contribution in [3.05, 3.63) is 11.1 Å². The van der Waals surface area contributed by atoms with Gasteiger partial charge in [0.15, 0.2) is 0 Å². The van der Waals surface area contributed by atoms with Crippen LogP contribution in [-0.4, -0.2) is 0 Å². The van der Waals surface area contributed by atoms with Crippen LogP contribution in [0, 0.1) is 17.8 Å². The fourth-order valence-corrected chi connectivity index (χ4v) is 2.55. The van der Waals surface area contributed by atoms with E-state index in [0.717, 1.165) is 17.8 Å². The van der Waals surface area contributed by atoms with Gasteiger partial charge >= 0.3 is 0 Å². The van der Waals surface area contributed by atoms with Gasteiger partial charge in [0.05, 0.1) is 0 Å². The van der Waals surface area contributed by atoms with Gasteiger partial charge in [-0.15, -0.1) is 0 Å². The predicted molar refractivity (Wildman–Crippen MR) is 55.1 cm³/mol. The van der Waals surface area contributed by atoms with Crippen LogP contribution in [-0.2, 0) is 0 Å². The zero-order chi connectivity index (χ0) is 9.30. The second-order valence-corrected chi connectivity index (χ2v) is 4.73. The van der Waals surface area contributed by atoms with Crippen LogP contribution in [0.15, 0.2) is 11.1 Å². The van der Waals surface area contributed by atoms with Crippen molar-refractivity contribution in [3.63, 3.8) is 0 Å². The molecule has 0 amide bonds. The molecule has 1 aliphatic rings. The minimum absolute atomic E-state index is 0.764. The summed E-state index contributed by atoms with van der Waals surface area (Å²) >= 11 is 0. The SMILES string of the molecule is CC(C)C1=C(C(C)C)C(C)CC1. The van der Waals surface area contributed by atoms with Gasteiger partial charge in [-0.1, -0.05) is 45.8 Å². The van der Waals surface area contributed by atoms with Gasteiger partial charge in [0.25, 0.3) is 0 Å². The number of hydrogen-bond donors (Lipinski definition) is 0. The molecule has 1 unspecified atom stereocenters. The van der Waals surface area contributed by atoms with Gasteiger partial charge in [0.2, 0.25) is 0 Å². The van der Waals surface area contributed by atoms with E-state index in [4.69, 9.17) is 0 Å². The molecule has 0 aliphatic heterocycles. The Kier molecular flexibility index (Phi) is 2.98. The summed E-state index contributed by atoms with van der Waals surface area (Å²) < 4.78 is 0. The molecule has 0 nitrogen and oxygen atoms in total. The van der Waals surface area contributed by atoms with E-state index >= 15 is 0 Å². The molecule has 0 fully saturated rings. The van der Waals surface area contributed by atoms with Crippen molar-refractivity contribution >= 4 is 0 Å². The molecule has 0 aromatic carbocycles. The zero-order valence-corrected chi connectivity index (χ0v) is 9.15. The second-order valence-electron chi connectivity index (χ2n) is 4.73. The molecule has 0 N–H and O–H groups in total. The van der Waals surface area contributed by atoms with Gasteiger partial charge < -0.3 is 0 Å². The highest BCUT2D eigenvalue weighted by Crippen LogP contribution is 2.39. The maximum atomic E-state index is 2.38. The molecule has 0 aromatic rings. The lowest BCUT2D eigenvalue weighted by atomic mass is 9.89. The summed E-state index contributed by atoms with van der Waals surface area (Å²) in [6.45, 7) is 11.7. The van der Waals surface area contributed by atoms with Crippen LogP contribution in [0.3, 0.4) is 0 Å². The van der Waals surface area contributed by atoms with E-state index in [2.05, 4.69) is 34.6 Å². The van der Waals surface area contributed by atoms with Gasteiger partial charge in [-0.2, -0.15) is 0 Å². The van der Waals surface area contributed by atoms with E-state index in [1.807, 2.05) is 0 Å². The fraction of sp³-hybridized carbons (Fsp3) is 0.833. The average molecular weight is 166 g/mol. The topological polar surface area (TPSA) is 0 Å². The Hall–Kier alpha value is -0.260. The van der Waals surface area contributed by atoms with E-state index in [1.54, 1.807) is 11.1 Å². The highest BCUT2D eigenvalue weighted by molar-refractivity contribution is 5.25. The Balaban J connectivity index is 2.90. The van der Waals surface area contributed by atoms with Gasteiger partial charge in [0, 0.05) is 0 Å². The maximum absolute atomic E-state index is 2.38. The summed E-state index contributed by atoms with van der Waals surface area (Å²) in [5, 5.41) is 0. The van der Waals surface area contributed by atoms with E-state index in [0.29, 0.717) is 0 Å². The highest BCUT2D eigenvalue weighted by Gasteiger charge is 2.24. The summed E-state index contributed by atoms with van der Waals surface area (Å²) in [5.74, 6) is 2.38. The lowest BCUT2D eigenvalue weighted by Gasteiger charge is -2.17. The third kappa shape index (κ3) is 1.73. The molecule has 1 aliphatic carbocycles. The summed E-state index contributed by atoms with van der Waals surface area (Å²) in [6.07, 6.45) is 2.74. The third-order valence-corrected chi connectivity index (χ3v) is 3.07. The first kappa shape index (κ1) is 9.83. The molecule has 0 heteroatoms. The first-order chi connectivity index (χ1) is 5.54. The van der Waals surface area contributed by atoms with Gasteiger partial charge in [0.1, 0.15) is 0 Å². The Morgan fingerprint density at radius 3 is 2.00 bits per heavy atom. The molecule has 1 rings (SSSR count). The standard InChI is InChI=1S/C12H22/c1-8(2)11-7-6-10(5)12(11)9(3)4/h8-10H,6-7H2,1-5H3. The Morgan fingerprint density at radius 1 is 1.08 bits per heavy atom. The van der Waals surface area contributed by atoms with Crippen molar-refractivity contribution in [1.82, 2.24) is 0 Å². The van der Waals surface area contributed by atoms with Crippen molar-refractivity contribution < 1.29 is 0 Å². The van der Waals surface area contributed by atoms with Crippen LogP contribution in [0.5, 0.6) is 0 Å². The van der Waals surface area contributed by atoms with Crippen molar-refractivity contribution in [2.75, 3.05) is 0 Å². The summed E-state index contributed by atoms with van der Waals surface area (Å²) in [6, 6.07) is 0. The minimum Gasteiger partial charge on any atom is -0.0679 e. The van der Waals surface area contributed by atoms with Crippen molar-refractivity contribution in [1.29, 1.82) is 0 Å². The number of hydrogen-bond acceptors (Lipinski definition) is 0. The smallest absolute Gasteiger partial charge is 0.0223 e. The lowest BCUT2D eigenvalue weighted by Crippen LogP contribution is -2.04. The number of rotatable bonds is 2. The molecule has 0 aromatic heterocycles. The fourth-order valence-electron chi connectivity index (χ4n) is 2.55. The lowest BCUT2D eigenvalue weighted by molar-refractivity contribution is 0.591. The minimum atomic E-state index is 0.764. The Morgan fingerprint density at radius 2 is 1.67 bits per heavy atom. The summed E-state index contributed by atoms with van der Waals surface area (Å²) in [5.41, 5.74) is 3.50. The third-order valence-electron chi connectivity index (χ3n) is 3.07. The summed E-state index contributed by atoms with van der Waals surface area (Å²) in [7, 11) is 0. The monoisotopic (exact) mass is 166 g/mol. The summed E-state index contributed by atoms with van der Waals surface area (Å²) in [4.78, 5) is 0. The Bertz CT molecular complexity index is 184. The molecule has 70 valence electrons. The first-order valence-corrected chi connectivity index (χ1v) is 5.26. The molecule has 0 spiro atoms. The van der Waals surface area contributed by atoms with Crippen LogP contribution in [0.2, 0.25) is 0 Å². The second kappa shape index (κ2) is 3.64. The van der Waals surface area contributed by atoms with Crippen LogP contribution < -0.4 is 0 Å². The average Bonchev–Trinajstić information content (AvgIpc) is 2.30. The molecule has 0 radical (unpaired) electrons. The molecule has 0 bridgehead atoms. The molecule has 0 saturated carbocycles. The van der Waals surface area contributed by atoms with Gasteiger partial charge in [-0.25, -0.2) is 0 Å². The number of allylic oxidation sites excluding steroid dienone is 2. The quantitative estimate of drug-likeness (QED) is 0.543. The predicted octanol–water partition coefficient (Wildman–Crippen LogP) is 4.02. The molecule has 0 saturated heterocycles. The van der Waals surface area contributed by atoms with E-state index in [1.165, 1.54) is 12.8 Å². The zero-order valence-electron chi connectivity index (χ0n) is 9.15. The van der Waals surface area contributed by atoms with Gasteiger partial charge in [-0.3, -0.25) is 0 Å². The van der Waals surface area contributed by atoms with Crippen molar-refractivity contribution in [3.8, 4) is 0 Å². The normalized spacial score (nSPS) is 24.8. The van der Waals surface area contributed by atoms with Crippen molar-refractivity contribution in [2.24, 2.45) is 17.8 Å².